The summed E-state index contributed by atoms with van der Waals surface area (Å²) in [7, 11) is 0. The van der Waals surface area contributed by atoms with Crippen LogP contribution in [0.15, 0.2) is 42.9 Å². The Labute approximate surface area is 189 Å². The zero-order chi connectivity index (χ0) is 22.2. The molecule has 1 N–H and O–H groups in total. The molecule has 164 valence electrons. The first-order valence-corrected chi connectivity index (χ1v) is 11.3. The van der Waals surface area contributed by atoms with E-state index in [2.05, 4.69) is 20.3 Å². The van der Waals surface area contributed by atoms with E-state index in [0.717, 1.165) is 38.3 Å². The van der Waals surface area contributed by atoms with E-state index in [0.29, 0.717) is 25.4 Å². The number of hydrogen-bond donors (Lipinski definition) is 1. The molecule has 4 aromatic heterocycles. The average Bonchev–Trinajstić information content (AvgIpc) is 3.38. The topological polar surface area (TPSA) is 84.7 Å². The van der Waals surface area contributed by atoms with Crippen molar-refractivity contribution in [3.05, 3.63) is 70.4 Å². The van der Waals surface area contributed by atoms with Gasteiger partial charge in [-0.15, -0.1) is 11.3 Å². The van der Waals surface area contributed by atoms with Crippen LogP contribution < -0.4 is 5.32 Å². The van der Waals surface area contributed by atoms with Gasteiger partial charge in [-0.3, -0.25) is 9.78 Å². The van der Waals surface area contributed by atoms with E-state index >= 15 is 0 Å². The first-order chi connectivity index (χ1) is 15.4. The van der Waals surface area contributed by atoms with Crippen molar-refractivity contribution in [2.45, 2.75) is 26.9 Å². The molecule has 5 rings (SSSR count). The van der Waals surface area contributed by atoms with Crippen molar-refractivity contribution in [1.82, 2.24) is 24.3 Å². The standard InChI is InChI=1S/C23H24N6O2S/c1-14-4-5-28-12-19(27-21(28)8-14)22(30)29-6-7-31-20(13-29)18-10-17(9-15(2)25-18)26-23-24-11-16(3)32-23/h4-5,8-12,20H,6-7,13H2,1-3H3,(H,24,25,26). The van der Waals surface area contributed by atoms with E-state index in [1.54, 1.807) is 22.4 Å². The van der Waals surface area contributed by atoms with Crippen LogP contribution in [0.2, 0.25) is 0 Å². The Morgan fingerprint density at radius 2 is 2.09 bits per heavy atom. The van der Waals surface area contributed by atoms with Gasteiger partial charge in [0.25, 0.3) is 5.91 Å². The number of aryl methyl sites for hydroxylation is 3. The number of anilines is 2. The van der Waals surface area contributed by atoms with Crippen molar-refractivity contribution in [1.29, 1.82) is 0 Å². The van der Waals surface area contributed by atoms with Gasteiger partial charge >= 0.3 is 0 Å². The number of imidazole rings is 1. The van der Waals surface area contributed by atoms with Crippen molar-refractivity contribution in [3.8, 4) is 0 Å². The first-order valence-electron chi connectivity index (χ1n) is 10.5. The molecule has 8 nitrogen and oxygen atoms in total. The molecule has 1 fully saturated rings. The third kappa shape index (κ3) is 4.21. The van der Waals surface area contributed by atoms with Crippen molar-refractivity contribution in [2.75, 3.05) is 25.0 Å². The number of pyridine rings is 2. The molecule has 1 amide bonds. The summed E-state index contributed by atoms with van der Waals surface area (Å²) in [5.41, 5.74) is 4.90. The summed E-state index contributed by atoms with van der Waals surface area (Å²) < 4.78 is 7.87. The molecular formula is C23H24N6O2S. The molecule has 1 saturated heterocycles. The third-order valence-electron chi connectivity index (χ3n) is 5.36. The Morgan fingerprint density at radius 1 is 1.22 bits per heavy atom. The van der Waals surface area contributed by atoms with E-state index in [-0.39, 0.29) is 12.0 Å². The summed E-state index contributed by atoms with van der Waals surface area (Å²) in [5.74, 6) is -0.0936. The lowest BCUT2D eigenvalue weighted by Gasteiger charge is -2.32. The maximum Gasteiger partial charge on any atom is 0.274 e. The van der Waals surface area contributed by atoms with Crippen LogP contribution in [0.4, 0.5) is 10.8 Å². The van der Waals surface area contributed by atoms with Crippen molar-refractivity contribution in [2.24, 2.45) is 0 Å². The van der Waals surface area contributed by atoms with Crippen LogP contribution in [0.5, 0.6) is 0 Å². The number of aromatic nitrogens is 4. The normalized spacial score (nSPS) is 16.5. The number of amides is 1. The van der Waals surface area contributed by atoms with E-state index < -0.39 is 0 Å². The van der Waals surface area contributed by atoms with Crippen molar-refractivity contribution >= 4 is 33.7 Å². The molecule has 0 bridgehead atoms. The number of hydrogen-bond acceptors (Lipinski definition) is 7. The summed E-state index contributed by atoms with van der Waals surface area (Å²) in [5, 5.41) is 4.18. The van der Waals surface area contributed by atoms with E-state index in [1.165, 1.54) is 0 Å². The second-order valence-corrected chi connectivity index (χ2v) is 9.26. The van der Waals surface area contributed by atoms with Gasteiger partial charge in [0.05, 0.1) is 18.8 Å². The molecule has 1 unspecified atom stereocenters. The van der Waals surface area contributed by atoms with Gasteiger partial charge in [-0.1, -0.05) is 0 Å². The maximum atomic E-state index is 13.2. The Hall–Kier alpha value is -3.30. The zero-order valence-corrected chi connectivity index (χ0v) is 19.0. The van der Waals surface area contributed by atoms with Gasteiger partial charge in [-0.25, -0.2) is 9.97 Å². The minimum absolute atomic E-state index is 0.0936. The van der Waals surface area contributed by atoms with Crippen LogP contribution in [0.1, 0.15) is 38.4 Å². The Morgan fingerprint density at radius 3 is 2.91 bits per heavy atom. The third-order valence-corrected chi connectivity index (χ3v) is 6.19. The molecule has 1 atom stereocenters. The molecule has 1 aliphatic heterocycles. The van der Waals surface area contributed by atoms with Gasteiger partial charge in [0, 0.05) is 41.4 Å². The van der Waals surface area contributed by atoms with Crippen LogP contribution >= 0.6 is 11.3 Å². The van der Waals surface area contributed by atoms with Crippen LogP contribution in [-0.2, 0) is 4.74 Å². The number of carbonyl (C=O) groups excluding carboxylic acids is 1. The van der Waals surface area contributed by atoms with E-state index in [4.69, 9.17) is 4.74 Å². The molecule has 0 radical (unpaired) electrons. The van der Waals surface area contributed by atoms with E-state index in [9.17, 15) is 4.79 Å². The fraction of sp³-hybridized carbons (Fsp3) is 0.304. The van der Waals surface area contributed by atoms with Crippen molar-refractivity contribution < 1.29 is 9.53 Å². The smallest absolute Gasteiger partial charge is 0.274 e. The fourth-order valence-corrected chi connectivity index (χ4v) is 4.51. The summed E-state index contributed by atoms with van der Waals surface area (Å²) in [6.07, 6.45) is 5.25. The molecular weight excluding hydrogens is 424 g/mol. The first kappa shape index (κ1) is 20.6. The van der Waals surface area contributed by atoms with Gasteiger partial charge in [0.2, 0.25) is 0 Å². The molecule has 0 aliphatic carbocycles. The highest BCUT2D eigenvalue weighted by Gasteiger charge is 2.28. The van der Waals surface area contributed by atoms with Gasteiger partial charge in [-0.05, 0) is 50.6 Å². The maximum absolute atomic E-state index is 13.2. The second-order valence-electron chi connectivity index (χ2n) is 8.03. The number of morpholine rings is 1. The number of carbonyl (C=O) groups is 1. The predicted octanol–water partition coefficient (Wildman–Crippen LogP) is 4.07. The lowest BCUT2D eigenvalue weighted by Crippen LogP contribution is -2.42. The predicted molar refractivity (Wildman–Crippen MR) is 124 cm³/mol. The molecule has 0 aromatic carbocycles. The summed E-state index contributed by atoms with van der Waals surface area (Å²) in [6.45, 7) is 7.39. The molecule has 0 spiro atoms. The van der Waals surface area contributed by atoms with Gasteiger partial charge in [-0.2, -0.15) is 0 Å². The van der Waals surface area contributed by atoms with Crippen LogP contribution in [0.25, 0.3) is 5.65 Å². The molecule has 1 aliphatic rings. The van der Waals surface area contributed by atoms with Crippen LogP contribution in [0, 0.1) is 20.8 Å². The van der Waals surface area contributed by atoms with Gasteiger partial charge < -0.3 is 19.4 Å². The highest BCUT2D eigenvalue weighted by molar-refractivity contribution is 7.15. The lowest BCUT2D eigenvalue weighted by atomic mass is 10.1. The minimum Gasteiger partial charge on any atom is -0.368 e. The van der Waals surface area contributed by atoms with Gasteiger partial charge in [0.1, 0.15) is 17.4 Å². The lowest BCUT2D eigenvalue weighted by molar-refractivity contribution is -0.0249. The Balaban J connectivity index is 1.35. The Bertz CT molecular complexity index is 1300. The Kier molecular flexibility index (Phi) is 5.36. The molecule has 9 heteroatoms. The summed E-state index contributed by atoms with van der Waals surface area (Å²) in [4.78, 5) is 29.7. The molecule has 32 heavy (non-hydrogen) atoms. The number of nitrogens with one attached hydrogen (secondary N) is 1. The SMILES string of the molecule is Cc1ccn2cc(C(=O)N3CCOC(c4cc(Nc5ncc(C)s5)cc(C)n4)C3)nc2c1. The molecule has 5 heterocycles. The van der Waals surface area contributed by atoms with Crippen LogP contribution in [0.3, 0.4) is 0 Å². The molecule has 4 aromatic rings. The fourth-order valence-electron chi connectivity index (χ4n) is 3.83. The highest BCUT2D eigenvalue weighted by Crippen LogP contribution is 2.27. The zero-order valence-electron chi connectivity index (χ0n) is 18.2. The minimum atomic E-state index is -0.301. The second kappa shape index (κ2) is 8.33. The summed E-state index contributed by atoms with van der Waals surface area (Å²) in [6, 6.07) is 7.91. The van der Waals surface area contributed by atoms with Crippen molar-refractivity contribution in [3.63, 3.8) is 0 Å². The van der Waals surface area contributed by atoms with Crippen LogP contribution in [-0.4, -0.2) is 49.9 Å². The number of fused-ring (bicyclic) bond motifs is 1. The van der Waals surface area contributed by atoms with Gasteiger partial charge in [0.15, 0.2) is 5.13 Å². The number of thiazole rings is 1. The van der Waals surface area contributed by atoms with E-state index in [1.807, 2.05) is 61.8 Å². The monoisotopic (exact) mass is 448 g/mol. The largest absolute Gasteiger partial charge is 0.368 e. The average molecular weight is 449 g/mol. The highest BCUT2D eigenvalue weighted by atomic mass is 32.1. The quantitative estimate of drug-likeness (QED) is 0.507. The number of ether oxygens (including phenoxy) is 1. The summed E-state index contributed by atoms with van der Waals surface area (Å²) >= 11 is 1.60. The number of nitrogens with zero attached hydrogens (tertiary/aromatic N) is 5. The molecule has 0 saturated carbocycles. The number of rotatable bonds is 4.